The van der Waals surface area contributed by atoms with Gasteiger partial charge in [-0.25, -0.2) is 0 Å². The largest absolute Gasteiger partial charge is 0.496 e. The summed E-state index contributed by atoms with van der Waals surface area (Å²) in [5.74, 6) is 2.56. The van der Waals surface area contributed by atoms with E-state index in [9.17, 15) is 0 Å². The first-order chi connectivity index (χ1) is 12.1. The fraction of sp³-hybridized carbons (Fsp3) is 0.650. The molecule has 1 fully saturated rings. The van der Waals surface area contributed by atoms with Crippen LogP contribution in [0.15, 0.2) is 23.2 Å². The molecule has 0 aromatic heterocycles. The molecule has 6 heteroatoms. The van der Waals surface area contributed by atoms with E-state index in [2.05, 4.69) is 54.6 Å². The van der Waals surface area contributed by atoms with Gasteiger partial charge in [-0.3, -0.25) is 4.99 Å². The van der Waals surface area contributed by atoms with Crippen molar-refractivity contribution in [2.75, 3.05) is 46.9 Å². The Balaban J connectivity index is 0.00000338. The molecule has 1 aromatic rings. The Kier molecular flexibility index (Phi) is 11.0. The first-order valence-electron chi connectivity index (χ1n) is 9.46. The van der Waals surface area contributed by atoms with Crippen LogP contribution >= 0.6 is 24.0 Å². The van der Waals surface area contributed by atoms with Crippen LogP contribution < -0.4 is 15.4 Å². The maximum absolute atomic E-state index is 5.41. The van der Waals surface area contributed by atoms with E-state index in [4.69, 9.17) is 9.73 Å². The first kappa shape index (κ1) is 23.0. The molecular weight excluding hydrogens is 439 g/mol. The summed E-state index contributed by atoms with van der Waals surface area (Å²) >= 11 is 0. The summed E-state index contributed by atoms with van der Waals surface area (Å²) in [4.78, 5) is 7.21. The van der Waals surface area contributed by atoms with Gasteiger partial charge >= 0.3 is 0 Å². The van der Waals surface area contributed by atoms with E-state index >= 15 is 0 Å². The Morgan fingerprint density at radius 1 is 1.35 bits per heavy atom. The lowest BCUT2D eigenvalue weighted by Crippen LogP contribution is -2.39. The zero-order valence-electron chi connectivity index (χ0n) is 16.7. The number of likely N-dealkylation sites (tertiary alicyclic amines) is 1. The predicted molar refractivity (Wildman–Crippen MR) is 121 cm³/mol. The lowest BCUT2D eigenvalue weighted by molar-refractivity contribution is 0.214. The Labute approximate surface area is 176 Å². The fourth-order valence-electron chi connectivity index (χ4n) is 3.33. The molecule has 1 aliphatic heterocycles. The summed E-state index contributed by atoms with van der Waals surface area (Å²) < 4.78 is 5.41. The molecule has 0 saturated carbocycles. The van der Waals surface area contributed by atoms with Gasteiger partial charge in [-0.15, -0.1) is 24.0 Å². The molecule has 1 saturated heterocycles. The van der Waals surface area contributed by atoms with E-state index in [0.29, 0.717) is 5.92 Å². The molecule has 2 N–H and O–H groups in total. The van der Waals surface area contributed by atoms with E-state index in [-0.39, 0.29) is 24.0 Å². The third kappa shape index (κ3) is 7.70. The number of benzene rings is 1. The van der Waals surface area contributed by atoms with Crippen molar-refractivity contribution in [1.29, 1.82) is 0 Å². The van der Waals surface area contributed by atoms with E-state index in [1.165, 1.54) is 30.5 Å². The Morgan fingerprint density at radius 2 is 2.15 bits per heavy atom. The highest BCUT2D eigenvalue weighted by molar-refractivity contribution is 14.0. The predicted octanol–water partition coefficient (Wildman–Crippen LogP) is 3.06. The number of aliphatic imine (C=N–C) groups is 1. The molecule has 0 spiro atoms. The number of guanidine groups is 1. The Morgan fingerprint density at radius 3 is 2.85 bits per heavy atom. The van der Waals surface area contributed by atoms with Crippen LogP contribution in [0.4, 0.5) is 0 Å². The van der Waals surface area contributed by atoms with E-state index in [0.717, 1.165) is 44.3 Å². The molecule has 148 valence electrons. The zero-order valence-corrected chi connectivity index (χ0v) is 19.0. The molecule has 0 bridgehead atoms. The molecule has 1 atom stereocenters. The normalized spacial score (nSPS) is 18.2. The van der Waals surface area contributed by atoms with Crippen LogP contribution in [0, 0.1) is 12.8 Å². The molecule has 2 rings (SSSR count). The number of nitrogens with zero attached hydrogens (tertiary/aromatic N) is 2. The Hall–Kier alpha value is -1.02. The highest BCUT2D eigenvalue weighted by Gasteiger charge is 2.16. The molecule has 0 radical (unpaired) electrons. The molecule has 0 aliphatic carbocycles. The maximum Gasteiger partial charge on any atom is 0.191 e. The average Bonchev–Trinajstić information content (AvgIpc) is 2.61. The van der Waals surface area contributed by atoms with Crippen molar-refractivity contribution < 1.29 is 4.74 Å². The molecule has 1 aliphatic rings. The van der Waals surface area contributed by atoms with Crippen molar-refractivity contribution in [3.8, 4) is 5.75 Å². The second-order valence-corrected chi connectivity index (χ2v) is 6.97. The van der Waals surface area contributed by atoms with Crippen LogP contribution in [0.5, 0.6) is 5.75 Å². The molecule has 26 heavy (non-hydrogen) atoms. The number of rotatable bonds is 7. The van der Waals surface area contributed by atoms with Crippen LogP contribution in [0.1, 0.15) is 30.9 Å². The van der Waals surface area contributed by atoms with Gasteiger partial charge in [-0.1, -0.05) is 12.1 Å². The lowest BCUT2D eigenvalue weighted by Gasteiger charge is -2.28. The minimum Gasteiger partial charge on any atom is -0.496 e. The number of halogens is 1. The molecule has 1 unspecified atom stereocenters. The zero-order chi connectivity index (χ0) is 18.1. The lowest BCUT2D eigenvalue weighted by atomic mass is 9.99. The van der Waals surface area contributed by atoms with E-state index < -0.39 is 0 Å². The second-order valence-electron chi connectivity index (χ2n) is 6.97. The van der Waals surface area contributed by atoms with E-state index in [1.807, 2.05) is 0 Å². The summed E-state index contributed by atoms with van der Waals surface area (Å²) in [6, 6.07) is 6.41. The topological polar surface area (TPSA) is 48.9 Å². The molecule has 0 amide bonds. The molecule has 5 nitrogen and oxygen atoms in total. The van der Waals surface area contributed by atoms with Crippen molar-refractivity contribution in [2.45, 2.75) is 33.1 Å². The number of piperidine rings is 1. The first-order valence-corrected chi connectivity index (χ1v) is 9.46. The highest BCUT2D eigenvalue weighted by atomic mass is 127. The second kappa shape index (κ2) is 12.4. The number of nitrogens with one attached hydrogen (secondary N) is 2. The van der Waals surface area contributed by atoms with Crippen LogP contribution in [0.25, 0.3) is 0 Å². The third-order valence-electron chi connectivity index (χ3n) is 4.75. The number of methoxy groups -OCH3 is 1. The van der Waals surface area contributed by atoms with Crippen LogP contribution in [0.3, 0.4) is 0 Å². The number of hydrogen-bond donors (Lipinski definition) is 2. The van der Waals surface area contributed by atoms with Crippen molar-refractivity contribution in [2.24, 2.45) is 10.9 Å². The van der Waals surface area contributed by atoms with Gasteiger partial charge < -0.3 is 20.3 Å². The molecule has 1 heterocycles. The van der Waals surface area contributed by atoms with Gasteiger partial charge in [-0.2, -0.15) is 0 Å². The Bertz CT molecular complexity index is 565. The highest BCUT2D eigenvalue weighted by Crippen LogP contribution is 2.19. The summed E-state index contributed by atoms with van der Waals surface area (Å²) in [6.07, 6.45) is 3.53. The maximum atomic E-state index is 5.41. The summed E-state index contributed by atoms with van der Waals surface area (Å²) in [7, 11) is 3.93. The van der Waals surface area contributed by atoms with Gasteiger partial charge in [0.2, 0.25) is 0 Å². The van der Waals surface area contributed by atoms with Crippen molar-refractivity contribution in [3.05, 3.63) is 29.3 Å². The van der Waals surface area contributed by atoms with Crippen molar-refractivity contribution >= 4 is 29.9 Å². The van der Waals surface area contributed by atoms with Crippen LogP contribution in [-0.2, 0) is 6.42 Å². The quantitative estimate of drug-likeness (QED) is 0.363. The standard InChI is InChI=1S/C20H34N4O.HI/c1-5-21-20(23-14-18-7-6-12-24(3)15-18)22-11-10-17-9-8-16(2)19(13-17)25-4;/h8-9,13,18H,5-7,10-12,14-15H2,1-4H3,(H2,21,22,23);1H. The van der Waals surface area contributed by atoms with Gasteiger partial charge in [0.05, 0.1) is 7.11 Å². The van der Waals surface area contributed by atoms with E-state index in [1.54, 1.807) is 7.11 Å². The third-order valence-corrected chi connectivity index (χ3v) is 4.75. The van der Waals surface area contributed by atoms with Crippen molar-refractivity contribution in [3.63, 3.8) is 0 Å². The van der Waals surface area contributed by atoms with Crippen LogP contribution in [-0.4, -0.2) is 57.7 Å². The SMILES string of the molecule is CCNC(=NCC1CCCN(C)C1)NCCc1ccc(C)c(OC)c1.I. The molecular formula is C20H35IN4O. The van der Waals surface area contributed by atoms with Crippen molar-refractivity contribution in [1.82, 2.24) is 15.5 Å². The number of hydrogen-bond acceptors (Lipinski definition) is 3. The number of aryl methyl sites for hydroxylation is 1. The molecule has 1 aromatic carbocycles. The van der Waals surface area contributed by atoms with Gasteiger partial charge in [0.1, 0.15) is 5.75 Å². The minimum atomic E-state index is 0. The smallest absolute Gasteiger partial charge is 0.191 e. The summed E-state index contributed by atoms with van der Waals surface area (Å²) in [5.41, 5.74) is 2.45. The van der Waals surface area contributed by atoms with Gasteiger partial charge in [-0.05, 0) is 69.8 Å². The van der Waals surface area contributed by atoms with Gasteiger partial charge in [0.25, 0.3) is 0 Å². The fourth-order valence-corrected chi connectivity index (χ4v) is 3.33. The average molecular weight is 474 g/mol. The number of ether oxygens (including phenoxy) is 1. The van der Waals surface area contributed by atoms with Gasteiger partial charge in [0.15, 0.2) is 5.96 Å². The van der Waals surface area contributed by atoms with Gasteiger partial charge in [0, 0.05) is 26.2 Å². The monoisotopic (exact) mass is 474 g/mol. The summed E-state index contributed by atoms with van der Waals surface area (Å²) in [5, 5.41) is 6.81. The van der Waals surface area contributed by atoms with Crippen LogP contribution in [0.2, 0.25) is 0 Å². The minimum absolute atomic E-state index is 0. The summed E-state index contributed by atoms with van der Waals surface area (Å²) in [6.45, 7) is 9.20.